The topological polar surface area (TPSA) is 74.2 Å². The fourth-order valence-electron chi connectivity index (χ4n) is 3.33. The highest BCUT2D eigenvalue weighted by Crippen LogP contribution is 2.39. The summed E-state index contributed by atoms with van der Waals surface area (Å²) in [5, 5.41) is 0.932. The quantitative estimate of drug-likeness (QED) is 0.846. The SMILES string of the molecule is CC(C)(C)[S+]([O-])N[C@H]1CCCc2c1c1ccccc1n2S(C)(=O)=O. The number of nitrogens with zero attached hydrogens (tertiary/aromatic N) is 1. The molecule has 1 aromatic heterocycles. The Morgan fingerprint density at radius 1 is 1.29 bits per heavy atom. The Morgan fingerprint density at radius 2 is 1.96 bits per heavy atom. The van der Waals surface area contributed by atoms with E-state index in [0.29, 0.717) is 5.52 Å². The second kappa shape index (κ2) is 6.05. The van der Waals surface area contributed by atoms with E-state index in [1.165, 1.54) is 10.2 Å². The van der Waals surface area contributed by atoms with E-state index in [-0.39, 0.29) is 10.8 Å². The van der Waals surface area contributed by atoms with E-state index in [1.807, 2.05) is 45.0 Å². The highest BCUT2D eigenvalue weighted by molar-refractivity contribution is 7.90. The first-order valence-electron chi connectivity index (χ1n) is 8.11. The molecule has 1 aliphatic carbocycles. The first-order valence-corrected chi connectivity index (χ1v) is 11.1. The van der Waals surface area contributed by atoms with Gasteiger partial charge in [-0.1, -0.05) is 18.2 Å². The Morgan fingerprint density at radius 3 is 2.58 bits per heavy atom. The van der Waals surface area contributed by atoms with E-state index >= 15 is 0 Å². The number of benzene rings is 1. The van der Waals surface area contributed by atoms with Crippen LogP contribution in [0.15, 0.2) is 24.3 Å². The summed E-state index contributed by atoms with van der Waals surface area (Å²) >= 11 is -1.21. The summed E-state index contributed by atoms with van der Waals surface area (Å²) in [5.41, 5.74) is 2.52. The maximum atomic E-state index is 12.6. The highest BCUT2D eigenvalue weighted by atomic mass is 32.2. The number of hydrogen-bond acceptors (Lipinski definition) is 4. The molecule has 0 fully saturated rings. The predicted molar refractivity (Wildman–Crippen MR) is 98.9 cm³/mol. The zero-order valence-electron chi connectivity index (χ0n) is 14.5. The van der Waals surface area contributed by atoms with Gasteiger partial charge in [0.2, 0.25) is 10.0 Å². The summed E-state index contributed by atoms with van der Waals surface area (Å²) in [6.45, 7) is 5.79. The summed E-state index contributed by atoms with van der Waals surface area (Å²) in [5.74, 6) is 0. The molecule has 132 valence electrons. The monoisotopic (exact) mass is 368 g/mol. The van der Waals surface area contributed by atoms with Crippen LogP contribution >= 0.6 is 0 Å². The molecule has 0 saturated carbocycles. The molecule has 2 aromatic rings. The molecule has 7 heteroatoms. The maximum absolute atomic E-state index is 12.6. The third-order valence-electron chi connectivity index (χ3n) is 4.36. The number of para-hydroxylation sites is 1. The fraction of sp³-hybridized carbons (Fsp3) is 0.529. The second-order valence-corrected chi connectivity index (χ2v) is 11.2. The molecule has 3 rings (SSSR count). The third-order valence-corrected chi connectivity index (χ3v) is 7.05. The van der Waals surface area contributed by atoms with Crippen molar-refractivity contribution >= 4 is 32.3 Å². The lowest BCUT2D eigenvalue weighted by Crippen LogP contribution is -2.42. The number of fused-ring (bicyclic) bond motifs is 3. The minimum Gasteiger partial charge on any atom is -0.598 e. The van der Waals surface area contributed by atoms with Gasteiger partial charge in [-0.15, -0.1) is 4.72 Å². The van der Waals surface area contributed by atoms with Crippen molar-refractivity contribution in [2.45, 2.75) is 50.8 Å². The van der Waals surface area contributed by atoms with Crippen LogP contribution in [-0.2, 0) is 27.8 Å². The Hall–Kier alpha value is -1.02. The third kappa shape index (κ3) is 3.10. The highest BCUT2D eigenvalue weighted by Gasteiger charge is 2.35. The normalized spacial score (nSPS) is 20.1. The molecule has 0 saturated heterocycles. The van der Waals surface area contributed by atoms with Gasteiger partial charge in [0.25, 0.3) is 0 Å². The van der Waals surface area contributed by atoms with Crippen LogP contribution in [-0.4, -0.2) is 27.9 Å². The van der Waals surface area contributed by atoms with E-state index in [0.717, 1.165) is 35.9 Å². The molecular weight excluding hydrogens is 344 g/mol. The molecule has 0 amide bonds. The first kappa shape index (κ1) is 17.8. The average molecular weight is 369 g/mol. The lowest BCUT2D eigenvalue weighted by atomic mass is 9.91. The van der Waals surface area contributed by atoms with Crippen molar-refractivity contribution in [1.29, 1.82) is 0 Å². The lowest BCUT2D eigenvalue weighted by molar-refractivity contribution is 0.488. The molecular formula is C17H24N2O3S2. The molecule has 0 spiro atoms. The van der Waals surface area contributed by atoms with Crippen molar-refractivity contribution in [2.24, 2.45) is 0 Å². The maximum Gasteiger partial charge on any atom is 0.236 e. The Labute approximate surface area is 146 Å². The number of nitrogens with one attached hydrogen (secondary N) is 1. The molecule has 2 atom stereocenters. The van der Waals surface area contributed by atoms with Gasteiger partial charge < -0.3 is 4.55 Å². The van der Waals surface area contributed by atoms with Crippen LogP contribution in [0.1, 0.15) is 50.9 Å². The smallest absolute Gasteiger partial charge is 0.236 e. The summed E-state index contributed by atoms with van der Waals surface area (Å²) in [6, 6.07) is 7.47. The van der Waals surface area contributed by atoms with Crippen molar-refractivity contribution in [1.82, 2.24) is 8.69 Å². The van der Waals surface area contributed by atoms with Gasteiger partial charge in [-0.3, -0.25) is 0 Å². The van der Waals surface area contributed by atoms with Crippen molar-refractivity contribution in [3.05, 3.63) is 35.5 Å². The van der Waals surface area contributed by atoms with Crippen molar-refractivity contribution in [2.75, 3.05) is 6.26 Å². The van der Waals surface area contributed by atoms with E-state index in [2.05, 4.69) is 4.72 Å². The largest absolute Gasteiger partial charge is 0.598 e. The molecule has 0 bridgehead atoms. The zero-order chi connectivity index (χ0) is 17.7. The standard InChI is InChI=1S/C17H24N2O3S2/c1-17(2,3)23(20)18-13-9-7-11-15-16(13)12-8-5-6-10-14(12)19(15)24(4,21)22/h5-6,8,10,13,18H,7,9,11H2,1-4H3/t13-,23?/m0/s1. The minimum atomic E-state index is -3.39. The van der Waals surface area contributed by atoms with Gasteiger partial charge in [-0.25, -0.2) is 12.4 Å². The van der Waals surface area contributed by atoms with Gasteiger partial charge in [0.15, 0.2) is 0 Å². The average Bonchev–Trinajstić information content (AvgIpc) is 2.81. The lowest BCUT2D eigenvalue weighted by Gasteiger charge is -2.30. The molecule has 1 N–H and O–H groups in total. The van der Waals surface area contributed by atoms with Crippen molar-refractivity contribution < 1.29 is 13.0 Å². The van der Waals surface area contributed by atoms with Crippen LogP contribution in [0.5, 0.6) is 0 Å². The van der Waals surface area contributed by atoms with Crippen LogP contribution in [0.3, 0.4) is 0 Å². The van der Waals surface area contributed by atoms with Gasteiger partial charge in [0.05, 0.1) is 17.8 Å². The Kier molecular flexibility index (Phi) is 4.49. The van der Waals surface area contributed by atoms with Crippen LogP contribution in [0.2, 0.25) is 0 Å². The number of rotatable bonds is 3. The predicted octanol–water partition coefficient (Wildman–Crippen LogP) is 2.88. The molecule has 1 unspecified atom stereocenters. The van der Waals surface area contributed by atoms with Gasteiger partial charge in [0, 0.05) is 28.0 Å². The number of aromatic nitrogens is 1. The fourth-order valence-corrected chi connectivity index (χ4v) is 5.29. The van der Waals surface area contributed by atoms with Crippen LogP contribution in [0.25, 0.3) is 10.9 Å². The van der Waals surface area contributed by atoms with E-state index < -0.39 is 21.4 Å². The second-order valence-electron chi connectivity index (χ2n) is 7.35. The van der Waals surface area contributed by atoms with Crippen molar-refractivity contribution in [3.8, 4) is 0 Å². The van der Waals surface area contributed by atoms with Crippen LogP contribution < -0.4 is 4.72 Å². The van der Waals surface area contributed by atoms with E-state index in [1.54, 1.807) is 0 Å². The molecule has 5 nitrogen and oxygen atoms in total. The van der Waals surface area contributed by atoms with Gasteiger partial charge in [0.1, 0.15) is 4.75 Å². The molecule has 24 heavy (non-hydrogen) atoms. The summed E-state index contributed by atoms with van der Waals surface area (Å²) < 4.78 is 41.6. The zero-order valence-corrected chi connectivity index (χ0v) is 16.1. The summed E-state index contributed by atoms with van der Waals surface area (Å²) in [7, 11) is -3.39. The Balaban J connectivity index is 2.18. The molecule has 1 aromatic carbocycles. The molecule has 1 heterocycles. The summed E-state index contributed by atoms with van der Waals surface area (Å²) in [4.78, 5) is 0. The van der Waals surface area contributed by atoms with Gasteiger partial charge in [-0.05, 0) is 46.1 Å². The molecule has 1 aliphatic rings. The minimum absolute atomic E-state index is 0.0956. The van der Waals surface area contributed by atoms with Gasteiger partial charge >= 0.3 is 0 Å². The van der Waals surface area contributed by atoms with Crippen molar-refractivity contribution in [3.63, 3.8) is 0 Å². The number of hydrogen-bond donors (Lipinski definition) is 1. The van der Waals surface area contributed by atoms with Gasteiger partial charge in [-0.2, -0.15) is 0 Å². The summed E-state index contributed by atoms with van der Waals surface area (Å²) in [6.07, 6.45) is 3.69. The van der Waals surface area contributed by atoms with E-state index in [9.17, 15) is 13.0 Å². The molecule has 0 radical (unpaired) electrons. The molecule has 0 aliphatic heterocycles. The van der Waals surface area contributed by atoms with Crippen LogP contribution in [0, 0.1) is 0 Å². The van der Waals surface area contributed by atoms with Crippen LogP contribution in [0.4, 0.5) is 0 Å². The Bertz CT molecular complexity index is 866. The van der Waals surface area contributed by atoms with E-state index in [4.69, 9.17) is 0 Å². The first-order chi connectivity index (χ1) is 11.1.